The van der Waals surface area contributed by atoms with Crippen LogP contribution >= 0.6 is 0 Å². The van der Waals surface area contributed by atoms with E-state index in [1.54, 1.807) is 15.8 Å². The van der Waals surface area contributed by atoms with Gasteiger partial charge in [0, 0.05) is 19.3 Å². The lowest BCUT2D eigenvalue weighted by molar-refractivity contribution is -0.148. The van der Waals surface area contributed by atoms with E-state index in [-0.39, 0.29) is 12.3 Å². The summed E-state index contributed by atoms with van der Waals surface area (Å²) < 4.78 is 1.75. The third-order valence-electron chi connectivity index (χ3n) is 5.72. The van der Waals surface area contributed by atoms with Gasteiger partial charge in [-0.25, -0.2) is 4.68 Å². The van der Waals surface area contributed by atoms with E-state index >= 15 is 0 Å². The number of hydrogen-bond donors (Lipinski definition) is 1. The Kier molecular flexibility index (Phi) is 5.16. The molecule has 0 saturated carbocycles. The van der Waals surface area contributed by atoms with E-state index in [0.29, 0.717) is 25.9 Å². The molecule has 6 heteroatoms. The zero-order valence-electron chi connectivity index (χ0n) is 16.1. The van der Waals surface area contributed by atoms with Gasteiger partial charge in [-0.05, 0) is 36.1 Å². The minimum Gasteiger partial charge on any atom is -0.481 e. The molecule has 0 bridgehead atoms. The molecule has 2 aromatic carbocycles. The summed E-state index contributed by atoms with van der Waals surface area (Å²) in [5.74, 6) is -0.815. The number of carbonyl (C=O) groups excluding carboxylic acids is 1. The minimum atomic E-state index is -0.920. The standard InChI is InChI=1S/C23H23N3O3/c27-21(15-18-16-24-26(17-18)20-9-5-2-6-10-20)25-13-11-23(12-14-25,22(28)29)19-7-3-1-4-8-19/h1-10,16-17H,11-15H2,(H,28,29). The summed E-state index contributed by atoms with van der Waals surface area (Å²) in [6.45, 7) is 0.875. The quantitative estimate of drug-likeness (QED) is 0.728. The fraction of sp³-hybridized carbons (Fsp3) is 0.261. The van der Waals surface area contributed by atoms with E-state index in [4.69, 9.17) is 0 Å². The lowest BCUT2D eigenvalue weighted by Crippen LogP contribution is -2.49. The number of aliphatic carboxylic acids is 1. The van der Waals surface area contributed by atoms with Crippen LogP contribution in [-0.2, 0) is 21.4 Å². The lowest BCUT2D eigenvalue weighted by Gasteiger charge is -2.39. The SMILES string of the molecule is O=C(Cc1cnn(-c2ccccc2)c1)N1CCC(C(=O)O)(c2ccccc2)CC1. The number of para-hydroxylation sites is 1. The van der Waals surface area contributed by atoms with Crippen molar-refractivity contribution in [3.63, 3.8) is 0 Å². The molecular formula is C23H23N3O3. The van der Waals surface area contributed by atoms with Crippen molar-refractivity contribution in [1.82, 2.24) is 14.7 Å². The van der Waals surface area contributed by atoms with Gasteiger partial charge in [0.05, 0.1) is 23.7 Å². The highest BCUT2D eigenvalue weighted by atomic mass is 16.4. The maximum atomic E-state index is 12.8. The number of carboxylic acid groups (broad SMARTS) is 1. The maximum absolute atomic E-state index is 12.8. The number of carbonyl (C=O) groups is 2. The van der Waals surface area contributed by atoms with Crippen LogP contribution in [0.3, 0.4) is 0 Å². The number of likely N-dealkylation sites (tertiary alicyclic amines) is 1. The van der Waals surface area contributed by atoms with Gasteiger partial charge in [-0.3, -0.25) is 9.59 Å². The highest BCUT2D eigenvalue weighted by molar-refractivity contribution is 5.83. The average Bonchev–Trinajstić information content (AvgIpc) is 3.23. The number of carboxylic acids is 1. The normalized spacial score (nSPS) is 15.8. The Morgan fingerprint density at radius 3 is 2.21 bits per heavy atom. The first-order valence-electron chi connectivity index (χ1n) is 9.74. The highest BCUT2D eigenvalue weighted by Gasteiger charge is 2.43. The summed E-state index contributed by atoms with van der Waals surface area (Å²) in [6.07, 6.45) is 4.67. The van der Waals surface area contributed by atoms with Crippen molar-refractivity contribution >= 4 is 11.9 Å². The van der Waals surface area contributed by atoms with Gasteiger partial charge in [-0.1, -0.05) is 48.5 Å². The molecule has 0 aliphatic carbocycles. The maximum Gasteiger partial charge on any atom is 0.314 e. The molecule has 1 N–H and O–H groups in total. The summed E-state index contributed by atoms with van der Waals surface area (Å²) in [7, 11) is 0. The lowest BCUT2D eigenvalue weighted by atomic mass is 9.73. The van der Waals surface area contributed by atoms with Gasteiger partial charge >= 0.3 is 5.97 Å². The van der Waals surface area contributed by atoms with Crippen molar-refractivity contribution in [2.45, 2.75) is 24.7 Å². The Bertz CT molecular complexity index is 990. The fourth-order valence-electron chi connectivity index (χ4n) is 3.98. The van der Waals surface area contributed by atoms with Crippen LogP contribution in [0.25, 0.3) is 5.69 Å². The van der Waals surface area contributed by atoms with Gasteiger partial charge in [0.15, 0.2) is 0 Å². The summed E-state index contributed by atoms with van der Waals surface area (Å²) in [5.41, 5.74) is 1.68. The Hall–Kier alpha value is -3.41. The first-order chi connectivity index (χ1) is 14.1. The molecule has 1 amide bonds. The molecular weight excluding hydrogens is 366 g/mol. The zero-order valence-corrected chi connectivity index (χ0v) is 16.1. The second-order valence-corrected chi connectivity index (χ2v) is 7.44. The molecule has 4 rings (SSSR count). The number of aromatic nitrogens is 2. The summed E-state index contributed by atoms with van der Waals surface area (Å²) >= 11 is 0. The second kappa shape index (κ2) is 7.91. The molecule has 1 aliphatic rings. The molecule has 148 valence electrons. The monoisotopic (exact) mass is 389 g/mol. The van der Waals surface area contributed by atoms with E-state index in [1.165, 1.54) is 0 Å². The zero-order chi connectivity index (χ0) is 20.3. The molecule has 1 saturated heterocycles. The van der Waals surface area contributed by atoms with E-state index in [9.17, 15) is 14.7 Å². The van der Waals surface area contributed by atoms with E-state index < -0.39 is 11.4 Å². The smallest absolute Gasteiger partial charge is 0.314 e. The van der Waals surface area contributed by atoms with Gasteiger partial charge in [0.2, 0.25) is 5.91 Å². The molecule has 0 atom stereocenters. The van der Waals surface area contributed by atoms with Crippen LogP contribution in [0.5, 0.6) is 0 Å². The van der Waals surface area contributed by atoms with Crippen molar-refractivity contribution in [2.75, 3.05) is 13.1 Å². The fourth-order valence-corrected chi connectivity index (χ4v) is 3.98. The number of amides is 1. The molecule has 6 nitrogen and oxygen atoms in total. The molecule has 3 aromatic rings. The van der Waals surface area contributed by atoms with Crippen LogP contribution in [0, 0.1) is 0 Å². The van der Waals surface area contributed by atoms with Crippen molar-refractivity contribution in [2.24, 2.45) is 0 Å². The Balaban J connectivity index is 1.42. The highest BCUT2D eigenvalue weighted by Crippen LogP contribution is 2.36. The summed E-state index contributed by atoms with van der Waals surface area (Å²) in [6, 6.07) is 19.1. The predicted molar refractivity (Wildman–Crippen MR) is 109 cm³/mol. The van der Waals surface area contributed by atoms with Crippen LogP contribution < -0.4 is 0 Å². The molecule has 0 radical (unpaired) electrons. The third kappa shape index (κ3) is 3.78. The Labute approximate surface area is 169 Å². The molecule has 0 unspecified atom stereocenters. The molecule has 1 aliphatic heterocycles. The average molecular weight is 389 g/mol. The molecule has 1 fully saturated rings. The largest absolute Gasteiger partial charge is 0.481 e. The predicted octanol–water partition coefficient (Wildman–Crippen LogP) is 3.06. The van der Waals surface area contributed by atoms with Gasteiger partial charge in [-0.2, -0.15) is 5.10 Å². The van der Waals surface area contributed by atoms with Crippen LogP contribution in [-0.4, -0.2) is 44.8 Å². The van der Waals surface area contributed by atoms with Crippen molar-refractivity contribution in [3.05, 3.63) is 84.2 Å². The Morgan fingerprint density at radius 1 is 0.966 bits per heavy atom. The first kappa shape index (κ1) is 18.9. The van der Waals surface area contributed by atoms with Crippen LogP contribution in [0.2, 0.25) is 0 Å². The molecule has 2 heterocycles. The summed E-state index contributed by atoms with van der Waals surface area (Å²) in [5, 5.41) is 14.2. The number of nitrogens with zero attached hydrogens (tertiary/aromatic N) is 3. The van der Waals surface area contributed by atoms with Crippen LogP contribution in [0.15, 0.2) is 73.1 Å². The summed E-state index contributed by atoms with van der Waals surface area (Å²) in [4.78, 5) is 26.6. The van der Waals surface area contributed by atoms with Crippen molar-refractivity contribution in [3.8, 4) is 5.69 Å². The van der Waals surface area contributed by atoms with E-state index in [1.807, 2.05) is 66.9 Å². The first-order valence-corrected chi connectivity index (χ1v) is 9.74. The number of rotatable bonds is 5. The number of benzene rings is 2. The van der Waals surface area contributed by atoms with Gasteiger partial charge < -0.3 is 10.0 Å². The molecule has 1 aromatic heterocycles. The topological polar surface area (TPSA) is 75.4 Å². The molecule has 0 spiro atoms. The number of piperidine rings is 1. The van der Waals surface area contributed by atoms with Gasteiger partial charge in [0.1, 0.15) is 0 Å². The van der Waals surface area contributed by atoms with Crippen LogP contribution in [0.4, 0.5) is 0 Å². The number of hydrogen-bond acceptors (Lipinski definition) is 3. The van der Waals surface area contributed by atoms with E-state index in [0.717, 1.165) is 16.8 Å². The van der Waals surface area contributed by atoms with Crippen LogP contribution in [0.1, 0.15) is 24.0 Å². The van der Waals surface area contributed by atoms with Gasteiger partial charge in [0.25, 0.3) is 0 Å². The van der Waals surface area contributed by atoms with Gasteiger partial charge in [-0.15, -0.1) is 0 Å². The second-order valence-electron chi connectivity index (χ2n) is 7.44. The minimum absolute atomic E-state index is 0.00432. The van der Waals surface area contributed by atoms with E-state index in [2.05, 4.69) is 5.10 Å². The van der Waals surface area contributed by atoms with Crippen molar-refractivity contribution in [1.29, 1.82) is 0 Å². The van der Waals surface area contributed by atoms with Crippen molar-refractivity contribution < 1.29 is 14.7 Å². The third-order valence-corrected chi connectivity index (χ3v) is 5.72. The molecule has 29 heavy (non-hydrogen) atoms. The Morgan fingerprint density at radius 2 is 1.59 bits per heavy atom.